The molecule has 0 spiro atoms. The number of H-pyrrole nitrogens is 2. The van der Waals surface area contributed by atoms with E-state index >= 15 is 0 Å². The number of nitrogens with one attached hydrogen (secondary N) is 4. The van der Waals surface area contributed by atoms with E-state index in [-0.39, 0.29) is 12.1 Å². The SMILES string of the molecule is NC(=O)c1ccc([C@@H]2Nc3ccc4[nH]ncc4c3[C@H]3C4C5C(Oc6ccc([C@@H]7Nc8ccc9[nH]ncc9c8[C@H]8C9CCC(C9)[C@@H]78)cc6)CC(C54)[C@@H]23)cc1. The monoisotopic (exact) mass is 699 g/mol. The van der Waals surface area contributed by atoms with Crippen LogP contribution in [0.5, 0.6) is 5.75 Å². The van der Waals surface area contributed by atoms with Gasteiger partial charge in [0, 0.05) is 33.6 Å². The fraction of sp³-hybridized carbons (Fsp3) is 0.386. The smallest absolute Gasteiger partial charge is 0.248 e. The van der Waals surface area contributed by atoms with Crippen LogP contribution in [0.25, 0.3) is 21.8 Å². The first-order valence-corrected chi connectivity index (χ1v) is 19.7. The average molecular weight is 700 g/mol. The summed E-state index contributed by atoms with van der Waals surface area (Å²) in [4.78, 5) is 11.9. The number of carbonyl (C=O) groups excluding carboxylic acids is 1. The zero-order valence-electron chi connectivity index (χ0n) is 29.2. The normalized spacial score (nSPS) is 36.3. The molecular weight excluding hydrogens is 659 g/mol. The van der Waals surface area contributed by atoms with Crippen molar-refractivity contribution in [2.75, 3.05) is 10.6 Å². The predicted molar refractivity (Wildman–Crippen MR) is 203 cm³/mol. The lowest BCUT2D eigenvalue weighted by Gasteiger charge is -2.43. The topological polar surface area (TPSA) is 134 Å². The summed E-state index contributed by atoms with van der Waals surface area (Å²) in [5, 5.41) is 25.8. The quantitative estimate of drug-likeness (QED) is 0.124. The van der Waals surface area contributed by atoms with Gasteiger partial charge in [-0.1, -0.05) is 24.3 Å². The van der Waals surface area contributed by atoms with Crippen LogP contribution in [0.1, 0.15) is 82.2 Å². The largest absolute Gasteiger partial charge is 0.490 e. The van der Waals surface area contributed by atoms with Gasteiger partial charge in [0.15, 0.2) is 0 Å². The van der Waals surface area contributed by atoms with E-state index in [0.29, 0.717) is 58.9 Å². The van der Waals surface area contributed by atoms with Crippen LogP contribution < -0.4 is 21.1 Å². The van der Waals surface area contributed by atoms with Gasteiger partial charge in [-0.25, -0.2) is 0 Å². The molecule has 6 aromatic rings. The van der Waals surface area contributed by atoms with E-state index in [2.05, 4.69) is 91.7 Å². The van der Waals surface area contributed by atoms with E-state index in [0.717, 1.165) is 35.0 Å². The number of rotatable bonds is 5. The highest BCUT2D eigenvalue weighted by Crippen LogP contribution is 2.78. The summed E-state index contributed by atoms with van der Waals surface area (Å²) in [5.74, 6) is 6.59. The van der Waals surface area contributed by atoms with E-state index in [4.69, 9.17) is 10.5 Å². The standard InChI is InChI=1S/C44H41N7O2/c45-44(52)21-3-1-19(2-4-21)43-38-25-16-32(39-37(25)41(39)40(38)36-27-18-47-51-29(27)12-14-31(36)49-43)53-24-9-7-20(8-10-24)42-34-23-6-5-22(15-23)33(34)35-26-17-46-50-28(26)11-13-30(35)48-42/h1-4,7-14,17-18,22-23,25,32-34,37-43,48-49H,5-6,15-16H2,(H2,45,52)(H,46,50)(H,47,51)/t22?,23?,25?,32?,33-,34+,37?,38+,39?,40+,41?,42-,43-/m0/s1. The molecule has 5 aliphatic carbocycles. The van der Waals surface area contributed by atoms with Crippen molar-refractivity contribution in [3.63, 3.8) is 0 Å². The first kappa shape index (κ1) is 29.2. The molecule has 13 rings (SSSR count). The van der Waals surface area contributed by atoms with Gasteiger partial charge in [0.25, 0.3) is 0 Å². The molecule has 5 saturated carbocycles. The van der Waals surface area contributed by atoms with Crippen LogP contribution in [0.15, 0.2) is 85.2 Å². The van der Waals surface area contributed by atoms with E-state index in [1.54, 1.807) is 0 Å². The fourth-order valence-corrected chi connectivity index (χ4v) is 13.6. The lowest BCUT2D eigenvalue weighted by molar-refractivity contribution is 0.1000. The fourth-order valence-electron chi connectivity index (χ4n) is 13.6. The molecule has 0 radical (unpaired) electrons. The van der Waals surface area contributed by atoms with Crippen molar-refractivity contribution in [3.8, 4) is 5.75 Å². The van der Waals surface area contributed by atoms with Crippen LogP contribution in [0.3, 0.4) is 0 Å². The molecule has 264 valence electrons. The lowest BCUT2D eigenvalue weighted by Crippen LogP contribution is -2.35. The van der Waals surface area contributed by atoms with Crippen LogP contribution >= 0.6 is 0 Å². The van der Waals surface area contributed by atoms with Gasteiger partial charge in [-0.05, 0) is 150 Å². The minimum atomic E-state index is -0.390. The van der Waals surface area contributed by atoms with E-state index in [1.165, 1.54) is 63.7 Å². The van der Waals surface area contributed by atoms with Crippen LogP contribution in [-0.2, 0) is 0 Å². The molecule has 2 aromatic heterocycles. The van der Waals surface area contributed by atoms with Gasteiger partial charge in [0.2, 0.25) is 5.91 Å². The summed E-state index contributed by atoms with van der Waals surface area (Å²) in [7, 11) is 0. The minimum Gasteiger partial charge on any atom is -0.490 e. The second-order valence-electron chi connectivity index (χ2n) is 17.3. The van der Waals surface area contributed by atoms with Gasteiger partial charge in [-0.15, -0.1) is 0 Å². The number of aromatic amines is 2. The predicted octanol–water partition coefficient (Wildman–Crippen LogP) is 8.04. The number of aromatic nitrogens is 4. The van der Waals surface area contributed by atoms with Gasteiger partial charge < -0.3 is 21.1 Å². The van der Waals surface area contributed by atoms with Crippen molar-refractivity contribution in [1.82, 2.24) is 20.4 Å². The van der Waals surface area contributed by atoms with Crippen LogP contribution in [-0.4, -0.2) is 32.4 Å². The number of nitrogens with zero attached hydrogens (tertiary/aromatic N) is 2. The Balaban J connectivity index is 0.805. The van der Waals surface area contributed by atoms with Crippen LogP contribution in [0, 0.1) is 47.3 Å². The maximum Gasteiger partial charge on any atom is 0.248 e. The molecular formula is C44H41N7O2. The highest BCUT2D eigenvalue weighted by molar-refractivity contribution is 5.93. The Bertz CT molecular complexity index is 2490. The van der Waals surface area contributed by atoms with Crippen LogP contribution in [0.2, 0.25) is 0 Å². The molecule has 0 saturated heterocycles. The van der Waals surface area contributed by atoms with Gasteiger partial charge >= 0.3 is 0 Å². The number of hydrogen-bond donors (Lipinski definition) is 5. The van der Waals surface area contributed by atoms with Crippen molar-refractivity contribution in [3.05, 3.63) is 113 Å². The van der Waals surface area contributed by atoms with E-state index in [9.17, 15) is 4.79 Å². The number of fused-ring (bicyclic) bond motifs is 17. The number of amides is 1. The number of hydrogen-bond acceptors (Lipinski definition) is 6. The summed E-state index contributed by atoms with van der Waals surface area (Å²) in [6.07, 6.45) is 9.38. The van der Waals surface area contributed by atoms with Crippen molar-refractivity contribution in [1.29, 1.82) is 0 Å². The summed E-state index contributed by atoms with van der Waals surface area (Å²) >= 11 is 0. The van der Waals surface area contributed by atoms with E-state index < -0.39 is 5.91 Å². The Hall–Kier alpha value is -5.31. The number of benzene rings is 4. The van der Waals surface area contributed by atoms with Gasteiger partial charge in [0.05, 0.1) is 35.5 Å². The molecule has 53 heavy (non-hydrogen) atoms. The number of nitrogens with two attached hydrogens (primary N) is 1. The minimum absolute atomic E-state index is 0.155. The number of anilines is 2. The average Bonchev–Trinajstić information content (AvgIpc) is 3.90. The second kappa shape index (κ2) is 10.2. The van der Waals surface area contributed by atoms with Crippen molar-refractivity contribution >= 4 is 39.1 Å². The Kier molecular flexibility index (Phi) is 5.62. The van der Waals surface area contributed by atoms with E-state index in [1.807, 2.05) is 24.5 Å². The Morgan fingerprint density at radius 3 is 1.94 bits per heavy atom. The molecule has 5 fully saturated rings. The third kappa shape index (κ3) is 3.85. The molecule has 1 amide bonds. The Labute approximate surface area is 306 Å². The van der Waals surface area contributed by atoms with Gasteiger partial charge in [-0.2, -0.15) is 10.2 Å². The summed E-state index contributed by atoms with van der Waals surface area (Å²) in [6.45, 7) is 0. The summed E-state index contributed by atoms with van der Waals surface area (Å²) in [5.41, 5.74) is 16.4. The highest BCUT2D eigenvalue weighted by atomic mass is 16.5. The zero-order chi connectivity index (χ0) is 34.7. The molecule has 6 N–H and O–H groups in total. The summed E-state index contributed by atoms with van der Waals surface area (Å²) < 4.78 is 7.01. The van der Waals surface area contributed by atoms with Crippen molar-refractivity contribution < 1.29 is 9.53 Å². The third-order valence-electron chi connectivity index (χ3n) is 15.4. The van der Waals surface area contributed by atoms with Crippen LogP contribution in [0.4, 0.5) is 11.4 Å². The van der Waals surface area contributed by atoms with Crippen molar-refractivity contribution in [2.45, 2.75) is 55.7 Å². The number of primary amides is 1. The van der Waals surface area contributed by atoms with Crippen molar-refractivity contribution in [2.24, 2.45) is 53.1 Å². The lowest BCUT2D eigenvalue weighted by atomic mass is 9.67. The zero-order valence-corrected chi connectivity index (χ0v) is 29.2. The molecule has 7 aliphatic rings. The Morgan fingerprint density at radius 2 is 1.26 bits per heavy atom. The molecule has 4 heterocycles. The van der Waals surface area contributed by atoms with Gasteiger partial charge in [0.1, 0.15) is 11.9 Å². The number of ether oxygens (including phenoxy) is 1. The number of carbonyl (C=O) groups is 1. The second-order valence-corrected chi connectivity index (χ2v) is 17.3. The highest BCUT2D eigenvalue weighted by Gasteiger charge is 2.75. The summed E-state index contributed by atoms with van der Waals surface area (Å²) in [6, 6.07) is 26.4. The molecule has 9 nitrogen and oxygen atoms in total. The third-order valence-corrected chi connectivity index (χ3v) is 15.4. The molecule has 4 aromatic carbocycles. The molecule has 13 atom stereocenters. The first-order chi connectivity index (χ1) is 26.1. The molecule has 9 heteroatoms. The molecule has 7 unspecified atom stereocenters. The maximum atomic E-state index is 11.9. The van der Waals surface area contributed by atoms with Gasteiger partial charge in [-0.3, -0.25) is 15.0 Å². The maximum absolute atomic E-state index is 11.9. The molecule has 2 aliphatic heterocycles. The molecule has 2 bridgehead atoms. The first-order valence-electron chi connectivity index (χ1n) is 19.7. The Morgan fingerprint density at radius 1 is 0.642 bits per heavy atom.